The van der Waals surface area contributed by atoms with E-state index in [1.54, 1.807) is 23.0 Å². The first kappa shape index (κ1) is 7.71. The molecular weight excluding hydrogens is 172 g/mol. The molecule has 3 nitrogen and oxygen atoms in total. The van der Waals surface area contributed by atoms with E-state index in [9.17, 15) is 0 Å². The van der Waals surface area contributed by atoms with Gasteiger partial charge in [0.1, 0.15) is 6.10 Å². The molecule has 0 spiro atoms. The quantitative estimate of drug-likeness (QED) is 0.661. The summed E-state index contributed by atoms with van der Waals surface area (Å²) in [6.45, 7) is 0.695. The van der Waals surface area contributed by atoms with Gasteiger partial charge in [-0.15, -0.1) is 11.3 Å². The molecule has 62 valence electrons. The molecule has 0 aliphatic carbocycles. The fourth-order valence-corrected chi connectivity index (χ4v) is 2.10. The largest absolute Gasteiger partial charge is 0.371 e. The summed E-state index contributed by atoms with van der Waals surface area (Å²) in [5.74, 6) is 0.0189. The number of nitrogens with zero attached hydrogens (tertiary/aromatic N) is 2. The summed E-state index contributed by atoms with van der Waals surface area (Å²) >= 11 is 1.55. The van der Waals surface area contributed by atoms with Gasteiger partial charge in [-0.3, -0.25) is 4.98 Å². The van der Waals surface area contributed by atoms with Gasteiger partial charge >= 0.3 is 0 Å². The Kier molecular flexibility index (Phi) is 2.07. The first-order chi connectivity index (χ1) is 5.92. The lowest BCUT2D eigenvalue weighted by molar-refractivity contribution is 0.103. The minimum Gasteiger partial charge on any atom is -0.371 e. The van der Waals surface area contributed by atoms with Crippen molar-refractivity contribution in [3.8, 4) is 6.07 Å². The van der Waals surface area contributed by atoms with Crippen LogP contribution in [0.4, 0.5) is 0 Å². The smallest absolute Gasteiger partial charge is 0.109 e. The molecule has 2 atom stereocenters. The highest BCUT2D eigenvalue weighted by molar-refractivity contribution is 7.09. The Balaban J connectivity index is 2.20. The van der Waals surface area contributed by atoms with Gasteiger partial charge in [0.05, 0.1) is 22.4 Å². The van der Waals surface area contributed by atoms with Crippen LogP contribution in [0.1, 0.15) is 17.4 Å². The van der Waals surface area contributed by atoms with Crippen molar-refractivity contribution >= 4 is 11.3 Å². The highest BCUT2D eigenvalue weighted by atomic mass is 32.1. The third-order valence-electron chi connectivity index (χ3n) is 1.99. The second kappa shape index (κ2) is 3.21. The van der Waals surface area contributed by atoms with Crippen LogP contribution in [0.25, 0.3) is 0 Å². The third kappa shape index (κ3) is 1.22. The Morgan fingerprint density at radius 3 is 3.33 bits per heavy atom. The molecule has 2 heterocycles. The molecule has 1 aromatic heterocycles. The molecule has 0 bridgehead atoms. The normalized spacial score (nSPS) is 28.6. The number of ether oxygens (including phenoxy) is 1. The van der Waals surface area contributed by atoms with E-state index in [0.717, 1.165) is 11.3 Å². The van der Waals surface area contributed by atoms with Crippen molar-refractivity contribution in [3.05, 3.63) is 16.6 Å². The van der Waals surface area contributed by atoms with Gasteiger partial charge in [0.15, 0.2) is 0 Å². The molecule has 1 aliphatic heterocycles. The van der Waals surface area contributed by atoms with Crippen LogP contribution in [0.2, 0.25) is 0 Å². The molecular formula is C8H8N2OS. The van der Waals surface area contributed by atoms with Crippen molar-refractivity contribution in [1.82, 2.24) is 4.98 Å². The molecule has 1 aromatic rings. The fraction of sp³-hybridized carbons (Fsp3) is 0.500. The van der Waals surface area contributed by atoms with E-state index in [2.05, 4.69) is 11.1 Å². The first-order valence-electron chi connectivity index (χ1n) is 3.81. The number of hydrogen-bond acceptors (Lipinski definition) is 4. The standard InChI is InChI=1S/C8H8N2OS/c9-3-6-1-2-11-8(6)7-4-10-5-12-7/h4-6,8H,1-2H2. The minimum atomic E-state index is -0.0255. The molecule has 1 saturated heterocycles. The zero-order chi connectivity index (χ0) is 8.39. The maximum atomic E-state index is 8.79. The number of aromatic nitrogens is 1. The number of rotatable bonds is 1. The number of nitriles is 1. The van der Waals surface area contributed by atoms with Crippen LogP contribution in [0.15, 0.2) is 11.7 Å². The monoisotopic (exact) mass is 180 g/mol. The molecule has 0 amide bonds. The minimum absolute atomic E-state index is 0.0189. The number of hydrogen-bond donors (Lipinski definition) is 0. The molecule has 2 unspecified atom stereocenters. The third-order valence-corrected chi connectivity index (χ3v) is 2.83. The van der Waals surface area contributed by atoms with Crippen LogP contribution in [0.3, 0.4) is 0 Å². The summed E-state index contributed by atoms with van der Waals surface area (Å²) in [7, 11) is 0. The zero-order valence-electron chi connectivity index (χ0n) is 6.43. The second-order valence-corrected chi connectivity index (χ2v) is 3.64. The van der Waals surface area contributed by atoms with Crippen LogP contribution in [0.5, 0.6) is 0 Å². The summed E-state index contributed by atoms with van der Waals surface area (Å²) in [5.41, 5.74) is 1.77. The van der Waals surface area contributed by atoms with Gasteiger partial charge in [0.2, 0.25) is 0 Å². The van der Waals surface area contributed by atoms with E-state index < -0.39 is 0 Å². The van der Waals surface area contributed by atoms with E-state index in [1.807, 2.05) is 0 Å². The molecule has 0 saturated carbocycles. The summed E-state index contributed by atoms with van der Waals surface area (Å²) in [6, 6.07) is 2.26. The molecule has 0 N–H and O–H groups in total. The van der Waals surface area contributed by atoms with Gasteiger partial charge in [0.25, 0.3) is 0 Å². The summed E-state index contributed by atoms with van der Waals surface area (Å²) in [4.78, 5) is 5.03. The summed E-state index contributed by atoms with van der Waals surface area (Å²) in [5, 5.41) is 8.79. The molecule has 12 heavy (non-hydrogen) atoms. The van der Waals surface area contributed by atoms with Crippen LogP contribution in [-0.4, -0.2) is 11.6 Å². The van der Waals surface area contributed by atoms with E-state index in [1.165, 1.54) is 0 Å². The maximum absolute atomic E-state index is 8.79. The lowest BCUT2D eigenvalue weighted by Gasteiger charge is -2.08. The Bertz CT molecular complexity index is 291. The maximum Gasteiger partial charge on any atom is 0.109 e. The molecule has 1 aliphatic rings. The topological polar surface area (TPSA) is 45.9 Å². The van der Waals surface area contributed by atoms with E-state index in [0.29, 0.717) is 6.61 Å². The van der Waals surface area contributed by atoms with Crippen molar-refractivity contribution < 1.29 is 4.74 Å². The molecule has 0 radical (unpaired) electrons. The van der Waals surface area contributed by atoms with Crippen LogP contribution < -0.4 is 0 Å². The van der Waals surface area contributed by atoms with Crippen molar-refractivity contribution in [2.24, 2.45) is 5.92 Å². The highest BCUT2D eigenvalue weighted by Crippen LogP contribution is 2.35. The van der Waals surface area contributed by atoms with E-state index in [4.69, 9.17) is 10.00 Å². The second-order valence-electron chi connectivity index (χ2n) is 2.72. The predicted molar refractivity (Wildman–Crippen MR) is 44.5 cm³/mol. The molecule has 2 rings (SSSR count). The molecule has 0 aromatic carbocycles. The highest BCUT2D eigenvalue weighted by Gasteiger charge is 2.30. The Morgan fingerprint density at radius 2 is 2.67 bits per heavy atom. The van der Waals surface area contributed by atoms with Crippen LogP contribution in [-0.2, 0) is 4.74 Å². The summed E-state index contributed by atoms with van der Waals surface area (Å²) < 4.78 is 5.45. The van der Waals surface area contributed by atoms with Gasteiger partial charge in [-0.05, 0) is 6.42 Å². The van der Waals surface area contributed by atoms with Gasteiger partial charge in [0, 0.05) is 12.8 Å². The Labute approximate surface area is 74.6 Å². The average molecular weight is 180 g/mol. The van der Waals surface area contributed by atoms with Gasteiger partial charge in [-0.2, -0.15) is 5.26 Å². The molecule has 4 heteroatoms. The van der Waals surface area contributed by atoms with Gasteiger partial charge in [-0.1, -0.05) is 0 Å². The van der Waals surface area contributed by atoms with Gasteiger partial charge in [-0.25, -0.2) is 0 Å². The summed E-state index contributed by atoms with van der Waals surface area (Å²) in [6.07, 6.45) is 2.60. The van der Waals surface area contributed by atoms with Crippen LogP contribution >= 0.6 is 11.3 Å². The zero-order valence-corrected chi connectivity index (χ0v) is 7.25. The number of thiazole rings is 1. The van der Waals surface area contributed by atoms with Crippen LogP contribution in [0, 0.1) is 17.2 Å². The van der Waals surface area contributed by atoms with Crippen molar-refractivity contribution in [1.29, 1.82) is 5.26 Å². The van der Waals surface area contributed by atoms with E-state index >= 15 is 0 Å². The Hall–Kier alpha value is -0.920. The van der Waals surface area contributed by atoms with Crippen molar-refractivity contribution in [2.75, 3.05) is 6.61 Å². The van der Waals surface area contributed by atoms with Crippen molar-refractivity contribution in [3.63, 3.8) is 0 Å². The average Bonchev–Trinajstić information content (AvgIpc) is 2.74. The molecule has 1 fully saturated rings. The lowest BCUT2D eigenvalue weighted by Crippen LogP contribution is -2.02. The SMILES string of the molecule is N#CC1CCOC1c1cncs1. The first-order valence-corrected chi connectivity index (χ1v) is 4.69. The van der Waals surface area contributed by atoms with E-state index in [-0.39, 0.29) is 12.0 Å². The lowest BCUT2D eigenvalue weighted by atomic mass is 10.0. The fourth-order valence-electron chi connectivity index (χ4n) is 1.37. The van der Waals surface area contributed by atoms with Crippen molar-refractivity contribution in [2.45, 2.75) is 12.5 Å². The van der Waals surface area contributed by atoms with Gasteiger partial charge < -0.3 is 4.74 Å². The predicted octanol–water partition coefficient (Wildman–Crippen LogP) is 1.74. The Morgan fingerprint density at radius 1 is 1.75 bits per heavy atom.